The van der Waals surface area contributed by atoms with Gasteiger partial charge in [0.25, 0.3) is 0 Å². The maximum atomic E-state index is 12.6. The van der Waals surface area contributed by atoms with Crippen LogP contribution in [0.2, 0.25) is 0 Å². The first-order valence-electron chi connectivity index (χ1n) is 6.89. The second-order valence-electron chi connectivity index (χ2n) is 5.10. The molecule has 0 aromatic carbocycles. The predicted molar refractivity (Wildman–Crippen MR) is 76.5 cm³/mol. The van der Waals surface area contributed by atoms with Gasteiger partial charge in [-0.05, 0) is 18.6 Å². The number of ether oxygens (including phenoxy) is 2. The van der Waals surface area contributed by atoms with Gasteiger partial charge in [0.15, 0.2) is 0 Å². The number of thioether (sulfide) groups is 1. The monoisotopic (exact) mass is 288 g/mol. The summed E-state index contributed by atoms with van der Waals surface area (Å²) in [5.41, 5.74) is 0. The van der Waals surface area contributed by atoms with Gasteiger partial charge in [0.1, 0.15) is 0 Å². The van der Waals surface area contributed by atoms with Crippen LogP contribution in [0.15, 0.2) is 0 Å². The molecule has 0 radical (unpaired) electrons. The van der Waals surface area contributed by atoms with Gasteiger partial charge in [0.05, 0.1) is 18.8 Å². The molecule has 2 aliphatic rings. The lowest BCUT2D eigenvalue weighted by Crippen LogP contribution is -2.49. The molecule has 2 saturated heterocycles. The Kier molecular flexibility index (Phi) is 5.94. The topological polar surface area (TPSA) is 50.8 Å². The van der Waals surface area contributed by atoms with Crippen molar-refractivity contribution in [3.05, 3.63) is 0 Å². The molecule has 2 aliphatic heterocycles. The van der Waals surface area contributed by atoms with E-state index >= 15 is 0 Å². The molecule has 2 fully saturated rings. The van der Waals surface area contributed by atoms with Gasteiger partial charge in [-0.15, -0.1) is 0 Å². The van der Waals surface area contributed by atoms with Crippen LogP contribution in [-0.2, 0) is 14.3 Å². The second-order valence-corrected chi connectivity index (χ2v) is 6.25. The van der Waals surface area contributed by atoms with Gasteiger partial charge >= 0.3 is 0 Å². The fourth-order valence-corrected chi connectivity index (χ4v) is 3.93. The van der Waals surface area contributed by atoms with E-state index < -0.39 is 0 Å². The number of carbonyl (C=O) groups excluding carboxylic acids is 1. The molecule has 110 valence electrons. The van der Waals surface area contributed by atoms with Gasteiger partial charge in [-0.1, -0.05) is 0 Å². The van der Waals surface area contributed by atoms with Gasteiger partial charge in [-0.3, -0.25) is 4.79 Å². The van der Waals surface area contributed by atoms with Crippen molar-refractivity contribution >= 4 is 17.7 Å². The molecule has 19 heavy (non-hydrogen) atoms. The summed E-state index contributed by atoms with van der Waals surface area (Å²) in [5.74, 6) is 2.42. The van der Waals surface area contributed by atoms with Gasteiger partial charge in [0.2, 0.25) is 5.91 Å². The largest absolute Gasteiger partial charge is 0.383 e. The molecule has 2 heterocycles. The van der Waals surface area contributed by atoms with Gasteiger partial charge < -0.3 is 19.7 Å². The number of carbonyl (C=O) groups is 1. The molecule has 1 N–H and O–H groups in total. The maximum Gasteiger partial charge on any atom is 0.240 e. The Morgan fingerprint density at radius 1 is 1.47 bits per heavy atom. The highest BCUT2D eigenvalue weighted by Gasteiger charge is 2.35. The van der Waals surface area contributed by atoms with Crippen LogP contribution in [0, 0.1) is 0 Å². The minimum atomic E-state index is -0.0904. The average Bonchev–Trinajstić information content (AvgIpc) is 3.10. The summed E-state index contributed by atoms with van der Waals surface area (Å²) in [7, 11) is 3.39. The zero-order valence-corrected chi connectivity index (χ0v) is 12.6. The van der Waals surface area contributed by atoms with Crippen molar-refractivity contribution in [2.45, 2.75) is 31.0 Å². The van der Waals surface area contributed by atoms with Crippen molar-refractivity contribution in [3.8, 4) is 0 Å². The third-order valence-electron chi connectivity index (χ3n) is 3.89. The quantitative estimate of drug-likeness (QED) is 0.764. The summed E-state index contributed by atoms with van der Waals surface area (Å²) >= 11 is 1.93. The molecule has 5 nitrogen and oxygen atoms in total. The smallest absolute Gasteiger partial charge is 0.240 e. The second kappa shape index (κ2) is 7.47. The van der Waals surface area contributed by atoms with E-state index in [0.717, 1.165) is 30.9 Å². The SMILES string of the molecule is COCCN(C(=O)C1CC(OC)CN1)C1CCSC1. The lowest BCUT2D eigenvalue weighted by molar-refractivity contribution is -0.135. The van der Waals surface area contributed by atoms with Crippen LogP contribution in [0.3, 0.4) is 0 Å². The van der Waals surface area contributed by atoms with E-state index in [-0.39, 0.29) is 18.1 Å². The number of rotatable bonds is 6. The molecule has 3 atom stereocenters. The first kappa shape index (κ1) is 15.1. The lowest BCUT2D eigenvalue weighted by atomic mass is 10.1. The van der Waals surface area contributed by atoms with Gasteiger partial charge in [0, 0.05) is 39.1 Å². The highest BCUT2D eigenvalue weighted by atomic mass is 32.2. The first-order valence-corrected chi connectivity index (χ1v) is 8.05. The molecular weight excluding hydrogens is 264 g/mol. The maximum absolute atomic E-state index is 12.6. The summed E-state index contributed by atoms with van der Waals surface area (Å²) in [4.78, 5) is 14.7. The molecular formula is C13H24N2O3S. The van der Waals surface area contributed by atoms with Crippen molar-refractivity contribution in [2.24, 2.45) is 0 Å². The Bertz CT molecular complexity index is 298. The molecule has 3 unspecified atom stereocenters. The van der Waals surface area contributed by atoms with Gasteiger partial charge in [-0.2, -0.15) is 11.8 Å². The Morgan fingerprint density at radius 3 is 2.89 bits per heavy atom. The Morgan fingerprint density at radius 2 is 2.32 bits per heavy atom. The molecule has 1 amide bonds. The van der Waals surface area contributed by atoms with Crippen LogP contribution in [0.25, 0.3) is 0 Å². The van der Waals surface area contributed by atoms with Crippen molar-refractivity contribution in [1.29, 1.82) is 0 Å². The zero-order valence-electron chi connectivity index (χ0n) is 11.8. The van der Waals surface area contributed by atoms with Crippen LogP contribution in [0.5, 0.6) is 0 Å². The number of nitrogens with zero attached hydrogens (tertiary/aromatic N) is 1. The van der Waals surface area contributed by atoms with Crippen molar-refractivity contribution < 1.29 is 14.3 Å². The van der Waals surface area contributed by atoms with E-state index in [1.807, 2.05) is 16.7 Å². The molecule has 0 aliphatic carbocycles. The highest BCUT2D eigenvalue weighted by Crippen LogP contribution is 2.24. The summed E-state index contributed by atoms with van der Waals surface area (Å²) in [6, 6.07) is 0.281. The molecule has 2 rings (SSSR count). The van der Waals surface area contributed by atoms with Crippen LogP contribution in [-0.4, -0.2) is 74.4 Å². The minimum absolute atomic E-state index is 0.0904. The summed E-state index contributed by atoms with van der Waals surface area (Å²) < 4.78 is 10.5. The average molecular weight is 288 g/mol. The van der Waals surface area contributed by atoms with E-state index in [1.165, 1.54) is 0 Å². The highest BCUT2D eigenvalue weighted by molar-refractivity contribution is 7.99. The Labute approximate surface area is 119 Å². The molecule has 0 saturated carbocycles. The summed E-state index contributed by atoms with van der Waals surface area (Å²) in [6.45, 7) is 2.06. The van der Waals surface area contributed by atoms with Gasteiger partial charge in [-0.25, -0.2) is 0 Å². The Hall–Kier alpha value is -0.300. The number of amides is 1. The number of hydrogen-bond acceptors (Lipinski definition) is 5. The summed E-state index contributed by atoms with van der Waals surface area (Å²) in [6.07, 6.45) is 2.04. The first-order chi connectivity index (χ1) is 9.26. The molecule has 6 heteroatoms. The van der Waals surface area contributed by atoms with Crippen LogP contribution < -0.4 is 5.32 Å². The minimum Gasteiger partial charge on any atom is -0.383 e. The third kappa shape index (κ3) is 3.84. The molecule has 0 aromatic rings. The number of hydrogen-bond donors (Lipinski definition) is 1. The molecule has 0 bridgehead atoms. The van der Waals surface area contributed by atoms with E-state index in [4.69, 9.17) is 9.47 Å². The van der Waals surface area contributed by atoms with Crippen LogP contribution in [0.4, 0.5) is 0 Å². The fourth-order valence-electron chi connectivity index (χ4n) is 2.70. The van der Waals surface area contributed by atoms with Crippen LogP contribution in [0.1, 0.15) is 12.8 Å². The van der Waals surface area contributed by atoms with E-state index in [0.29, 0.717) is 19.2 Å². The van der Waals surface area contributed by atoms with Crippen LogP contribution >= 0.6 is 11.8 Å². The zero-order chi connectivity index (χ0) is 13.7. The van der Waals surface area contributed by atoms with Crippen molar-refractivity contribution in [1.82, 2.24) is 10.2 Å². The van der Waals surface area contributed by atoms with Crippen molar-refractivity contribution in [2.75, 3.05) is 45.4 Å². The predicted octanol–water partition coefficient (Wildman–Crippen LogP) is 0.344. The van der Waals surface area contributed by atoms with E-state index in [2.05, 4.69) is 5.32 Å². The fraction of sp³-hybridized carbons (Fsp3) is 0.923. The Balaban J connectivity index is 1.94. The molecule has 0 spiro atoms. The summed E-state index contributed by atoms with van der Waals surface area (Å²) in [5, 5.41) is 3.27. The van der Waals surface area contributed by atoms with E-state index in [1.54, 1.807) is 14.2 Å². The number of methoxy groups -OCH3 is 2. The third-order valence-corrected chi connectivity index (χ3v) is 5.03. The molecule has 0 aromatic heterocycles. The standard InChI is InChI=1S/C13H24N2O3S/c1-17-5-4-15(10-3-6-19-9-10)13(16)12-7-11(18-2)8-14-12/h10-12,14H,3-9H2,1-2H3. The lowest BCUT2D eigenvalue weighted by Gasteiger charge is -2.30. The van der Waals surface area contributed by atoms with E-state index in [9.17, 15) is 4.79 Å². The number of nitrogens with one attached hydrogen (secondary N) is 1. The van der Waals surface area contributed by atoms with Crippen molar-refractivity contribution in [3.63, 3.8) is 0 Å². The normalized spacial score (nSPS) is 30.7.